The molecule has 0 aromatic carbocycles. The standard InChI is InChI=1S/C14H26N2O2.ClH/c1-2-12-6-4-3-5-8-16(12)14(17)10-13-11-15-7-9-18-13;/h12-13,15H,2-11H2,1H3;1H. The Bertz CT molecular complexity index is 270. The number of nitrogens with one attached hydrogen (secondary N) is 1. The summed E-state index contributed by atoms with van der Waals surface area (Å²) in [4.78, 5) is 14.5. The summed E-state index contributed by atoms with van der Waals surface area (Å²) in [7, 11) is 0. The van der Waals surface area contributed by atoms with E-state index in [1.165, 1.54) is 19.3 Å². The van der Waals surface area contributed by atoms with Gasteiger partial charge in [-0.05, 0) is 19.3 Å². The number of likely N-dealkylation sites (tertiary alicyclic amines) is 1. The molecule has 2 rings (SSSR count). The quantitative estimate of drug-likeness (QED) is 0.864. The van der Waals surface area contributed by atoms with Crippen molar-refractivity contribution < 1.29 is 9.53 Å². The summed E-state index contributed by atoms with van der Waals surface area (Å²) in [6, 6.07) is 0.455. The molecule has 2 atom stereocenters. The zero-order chi connectivity index (χ0) is 12.8. The van der Waals surface area contributed by atoms with Gasteiger partial charge < -0.3 is 15.0 Å². The Labute approximate surface area is 122 Å². The van der Waals surface area contributed by atoms with Crippen LogP contribution in [0.5, 0.6) is 0 Å². The van der Waals surface area contributed by atoms with Gasteiger partial charge in [0.15, 0.2) is 0 Å². The summed E-state index contributed by atoms with van der Waals surface area (Å²) in [6.45, 7) is 5.59. The lowest BCUT2D eigenvalue weighted by molar-refractivity contribution is -0.137. The van der Waals surface area contributed by atoms with Crippen molar-refractivity contribution in [2.45, 2.75) is 57.6 Å². The van der Waals surface area contributed by atoms with Gasteiger partial charge in [0.05, 0.1) is 19.1 Å². The highest BCUT2D eigenvalue weighted by molar-refractivity contribution is 5.85. The molecule has 4 nitrogen and oxygen atoms in total. The van der Waals surface area contributed by atoms with Gasteiger partial charge >= 0.3 is 0 Å². The maximum Gasteiger partial charge on any atom is 0.225 e. The molecule has 2 aliphatic rings. The molecule has 0 aromatic heterocycles. The van der Waals surface area contributed by atoms with Crippen LogP contribution < -0.4 is 5.32 Å². The van der Waals surface area contributed by atoms with Crippen LogP contribution in [0.1, 0.15) is 45.4 Å². The summed E-state index contributed by atoms with van der Waals surface area (Å²) < 4.78 is 5.63. The second-order valence-electron chi connectivity index (χ2n) is 5.40. The fourth-order valence-corrected chi connectivity index (χ4v) is 2.99. The average molecular weight is 291 g/mol. The maximum absolute atomic E-state index is 12.4. The van der Waals surface area contributed by atoms with Crippen molar-refractivity contribution in [3.05, 3.63) is 0 Å². The van der Waals surface area contributed by atoms with E-state index in [0.29, 0.717) is 12.5 Å². The Balaban J connectivity index is 0.00000180. The Morgan fingerprint density at radius 3 is 2.89 bits per heavy atom. The molecule has 0 aromatic rings. The van der Waals surface area contributed by atoms with Gasteiger partial charge in [-0.3, -0.25) is 4.79 Å². The van der Waals surface area contributed by atoms with Crippen molar-refractivity contribution in [3.63, 3.8) is 0 Å². The molecule has 2 heterocycles. The second-order valence-corrected chi connectivity index (χ2v) is 5.40. The largest absolute Gasteiger partial charge is 0.375 e. The SMILES string of the molecule is CCC1CCCCCN1C(=O)CC1CNCCO1.Cl. The van der Waals surface area contributed by atoms with Crippen molar-refractivity contribution in [1.29, 1.82) is 0 Å². The van der Waals surface area contributed by atoms with Crippen LogP contribution in [0.15, 0.2) is 0 Å². The first-order valence-electron chi connectivity index (χ1n) is 7.43. The molecule has 2 saturated heterocycles. The third kappa shape index (κ3) is 4.93. The predicted octanol–water partition coefficient (Wildman–Crippen LogP) is 1.97. The average Bonchev–Trinajstić information content (AvgIpc) is 2.64. The van der Waals surface area contributed by atoms with Crippen molar-refractivity contribution in [2.24, 2.45) is 0 Å². The third-order valence-electron chi connectivity index (χ3n) is 4.08. The molecule has 5 heteroatoms. The Morgan fingerprint density at radius 1 is 1.37 bits per heavy atom. The molecule has 19 heavy (non-hydrogen) atoms. The number of morpholine rings is 1. The van der Waals surface area contributed by atoms with Crippen LogP contribution in [0.2, 0.25) is 0 Å². The van der Waals surface area contributed by atoms with E-state index in [0.717, 1.165) is 39.1 Å². The smallest absolute Gasteiger partial charge is 0.225 e. The van der Waals surface area contributed by atoms with E-state index < -0.39 is 0 Å². The Morgan fingerprint density at radius 2 is 2.21 bits per heavy atom. The number of hydrogen-bond donors (Lipinski definition) is 1. The molecule has 2 fully saturated rings. The zero-order valence-corrected chi connectivity index (χ0v) is 12.7. The minimum Gasteiger partial charge on any atom is -0.375 e. The molecule has 0 radical (unpaired) electrons. The van der Waals surface area contributed by atoms with Crippen molar-refractivity contribution in [2.75, 3.05) is 26.2 Å². The molecule has 2 aliphatic heterocycles. The summed E-state index contributed by atoms with van der Waals surface area (Å²) in [6.07, 6.45) is 6.56. The summed E-state index contributed by atoms with van der Waals surface area (Å²) in [5, 5.41) is 3.28. The number of nitrogens with zero attached hydrogens (tertiary/aromatic N) is 1. The van der Waals surface area contributed by atoms with Crippen LogP contribution in [-0.2, 0) is 9.53 Å². The highest BCUT2D eigenvalue weighted by Crippen LogP contribution is 2.20. The Kier molecular flexibility index (Phi) is 7.73. The fourth-order valence-electron chi connectivity index (χ4n) is 2.99. The minimum absolute atomic E-state index is 0. The van der Waals surface area contributed by atoms with Crippen LogP contribution in [-0.4, -0.2) is 49.2 Å². The molecule has 112 valence electrons. The monoisotopic (exact) mass is 290 g/mol. The molecular formula is C14H27ClN2O2. The van der Waals surface area contributed by atoms with E-state index in [9.17, 15) is 4.79 Å². The highest BCUT2D eigenvalue weighted by atomic mass is 35.5. The number of hydrogen-bond acceptors (Lipinski definition) is 3. The maximum atomic E-state index is 12.4. The van der Waals surface area contributed by atoms with Crippen LogP contribution in [0.4, 0.5) is 0 Å². The minimum atomic E-state index is 0. The first-order valence-corrected chi connectivity index (χ1v) is 7.43. The number of halogens is 1. The van der Waals surface area contributed by atoms with Crippen LogP contribution in [0.25, 0.3) is 0 Å². The van der Waals surface area contributed by atoms with Gasteiger partial charge in [0.25, 0.3) is 0 Å². The van der Waals surface area contributed by atoms with E-state index in [1.54, 1.807) is 0 Å². The van der Waals surface area contributed by atoms with Crippen molar-refractivity contribution >= 4 is 18.3 Å². The Hall–Kier alpha value is -0.320. The zero-order valence-electron chi connectivity index (χ0n) is 11.9. The van der Waals surface area contributed by atoms with E-state index in [1.807, 2.05) is 0 Å². The van der Waals surface area contributed by atoms with Crippen LogP contribution >= 0.6 is 12.4 Å². The van der Waals surface area contributed by atoms with Crippen LogP contribution in [0, 0.1) is 0 Å². The number of carbonyl (C=O) groups excluding carboxylic acids is 1. The molecule has 0 saturated carbocycles. The van der Waals surface area contributed by atoms with E-state index in [-0.39, 0.29) is 24.4 Å². The van der Waals surface area contributed by atoms with Crippen LogP contribution in [0.3, 0.4) is 0 Å². The number of rotatable bonds is 3. The first-order chi connectivity index (χ1) is 8.81. The van der Waals surface area contributed by atoms with Gasteiger partial charge in [-0.15, -0.1) is 12.4 Å². The van der Waals surface area contributed by atoms with Gasteiger partial charge in [-0.2, -0.15) is 0 Å². The molecule has 2 unspecified atom stereocenters. The first kappa shape index (κ1) is 16.7. The lowest BCUT2D eigenvalue weighted by Crippen LogP contribution is -2.45. The topological polar surface area (TPSA) is 41.6 Å². The van der Waals surface area contributed by atoms with E-state index >= 15 is 0 Å². The van der Waals surface area contributed by atoms with E-state index in [4.69, 9.17) is 4.74 Å². The predicted molar refractivity (Wildman–Crippen MR) is 78.7 cm³/mol. The normalized spacial score (nSPS) is 28.4. The fraction of sp³-hybridized carbons (Fsp3) is 0.929. The summed E-state index contributed by atoms with van der Waals surface area (Å²) >= 11 is 0. The van der Waals surface area contributed by atoms with Gasteiger partial charge in [-0.25, -0.2) is 0 Å². The molecule has 1 amide bonds. The molecule has 1 N–H and O–H groups in total. The molecule has 0 bridgehead atoms. The number of amides is 1. The highest BCUT2D eigenvalue weighted by Gasteiger charge is 2.26. The molecule has 0 aliphatic carbocycles. The van der Waals surface area contributed by atoms with Gasteiger partial charge in [0.1, 0.15) is 0 Å². The lowest BCUT2D eigenvalue weighted by atomic mass is 10.1. The summed E-state index contributed by atoms with van der Waals surface area (Å²) in [5.74, 6) is 0.289. The second kappa shape index (κ2) is 8.77. The van der Waals surface area contributed by atoms with E-state index in [2.05, 4.69) is 17.1 Å². The van der Waals surface area contributed by atoms with Gasteiger partial charge in [0.2, 0.25) is 5.91 Å². The number of ether oxygens (including phenoxy) is 1. The summed E-state index contributed by atoms with van der Waals surface area (Å²) in [5.41, 5.74) is 0. The molecular weight excluding hydrogens is 264 g/mol. The van der Waals surface area contributed by atoms with Crippen molar-refractivity contribution in [3.8, 4) is 0 Å². The lowest BCUT2D eigenvalue weighted by Gasteiger charge is -2.31. The van der Waals surface area contributed by atoms with Crippen molar-refractivity contribution in [1.82, 2.24) is 10.2 Å². The molecule has 0 spiro atoms. The van der Waals surface area contributed by atoms with Gasteiger partial charge in [-0.1, -0.05) is 19.8 Å². The number of carbonyl (C=O) groups is 1. The van der Waals surface area contributed by atoms with Gasteiger partial charge in [0, 0.05) is 25.7 Å². The third-order valence-corrected chi connectivity index (χ3v) is 4.08.